The third-order valence-corrected chi connectivity index (χ3v) is 6.56. The fraction of sp³-hybridized carbons (Fsp3) is 0.370. The third kappa shape index (κ3) is 4.91. The van der Waals surface area contributed by atoms with Crippen LogP contribution in [-0.2, 0) is 14.3 Å². The van der Waals surface area contributed by atoms with Crippen LogP contribution in [0.3, 0.4) is 0 Å². The number of alkyl carbamates (subject to hydrolysis) is 1. The zero-order valence-corrected chi connectivity index (χ0v) is 18.9. The number of hydrogen-bond donors (Lipinski definition) is 2. The van der Waals surface area contributed by atoms with Gasteiger partial charge in [-0.25, -0.2) is 4.79 Å². The highest BCUT2D eigenvalue weighted by molar-refractivity contribution is 5.87. The van der Waals surface area contributed by atoms with Crippen LogP contribution in [0.25, 0.3) is 11.1 Å². The highest BCUT2D eigenvalue weighted by atomic mass is 16.5. The second kappa shape index (κ2) is 10.4. The van der Waals surface area contributed by atoms with Crippen molar-refractivity contribution in [2.75, 3.05) is 13.2 Å². The molecule has 176 valence electrons. The maximum Gasteiger partial charge on any atom is 0.407 e. The van der Waals surface area contributed by atoms with E-state index < -0.39 is 18.1 Å². The van der Waals surface area contributed by atoms with Crippen molar-refractivity contribution in [3.8, 4) is 23.5 Å². The number of terminal acetylenes is 1. The Labute approximate surface area is 199 Å². The molecule has 2 aromatic carbocycles. The van der Waals surface area contributed by atoms with Gasteiger partial charge >= 0.3 is 12.1 Å². The van der Waals surface area contributed by atoms with Gasteiger partial charge in [0.2, 0.25) is 5.91 Å². The van der Waals surface area contributed by atoms with Gasteiger partial charge in [-0.3, -0.25) is 9.59 Å². The predicted octanol–water partition coefficient (Wildman–Crippen LogP) is 3.77. The van der Waals surface area contributed by atoms with Crippen molar-refractivity contribution in [2.24, 2.45) is 0 Å². The van der Waals surface area contributed by atoms with Crippen molar-refractivity contribution in [1.82, 2.24) is 10.2 Å². The van der Waals surface area contributed by atoms with Gasteiger partial charge in [-0.1, -0.05) is 54.5 Å². The number of carboxylic acids is 1. The third-order valence-electron chi connectivity index (χ3n) is 6.56. The van der Waals surface area contributed by atoms with E-state index in [0.717, 1.165) is 35.1 Å². The number of nitrogens with one attached hydrogen (secondary N) is 1. The predicted molar refractivity (Wildman–Crippen MR) is 127 cm³/mol. The summed E-state index contributed by atoms with van der Waals surface area (Å²) in [6, 6.07) is 14.7. The highest BCUT2D eigenvalue weighted by Crippen LogP contribution is 2.44. The van der Waals surface area contributed by atoms with Crippen LogP contribution in [-0.4, -0.2) is 53.2 Å². The molecular formula is C27H28N2O5. The monoisotopic (exact) mass is 460 g/mol. The molecule has 7 heteroatoms. The van der Waals surface area contributed by atoms with E-state index in [9.17, 15) is 14.4 Å². The molecule has 2 aromatic rings. The van der Waals surface area contributed by atoms with Gasteiger partial charge in [-0.05, 0) is 47.9 Å². The van der Waals surface area contributed by atoms with Gasteiger partial charge in [-0.2, -0.15) is 0 Å². The Hall–Kier alpha value is -3.79. The minimum absolute atomic E-state index is 0.0356. The van der Waals surface area contributed by atoms with Crippen molar-refractivity contribution < 1.29 is 24.2 Å². The number of hydrogen-bond acceptors (Lipinski definition) is 4. The number of nitrogens with zero attached hydrogens (tertiary/aromatic N) is 1. The molecule has 0 aromatic heterocycles. The first kappa shape index (κ1) is 23.4. The van der Waals surface area contributed by atoms with Crippen molar-refractivity contribution >= 4 is 18.0 Å². The normalized spacial score (nSPS) is 17.7. The Morgan fingerprint density at radius 2 is 1.74 bits per heavy atom. The van der Waals surface area contributed by atoms with E-state index in [1.54, 1.807) is 4.90 Å². The van der Waals surface area contributed by atoms with E-state index in [1.807, 2.05) is 36.4 Å². The summed E-state index contributed by atoms with van der Waals surface area (Å²) in [5.41, 5.74) is 4.40. The average molecular weight is 461 g/mol. The fourth-order valence-corrected chi connectivity index (χ4v) is 4.88. The van der Waals surface area contributed by atoms with E-state index in [1.165, 1.54) is 0 Å². The lowest BCUT2D eigenvalue weighted by molar-refractivity contribution is -0.138. The lowest BCUT2D eigenvalue weighted by Gasteiger charge is -2.35. The van der Waals surface area contributed by atoms with E-state index >= 15 is 0 Å². The number of carboxylic acid groups (broad SMARTS) is 1. The molecule has 1 saturated heterocycles. The molecule has 0 spiro atoms. The van der Waals surface area contributed by atoms with E-state index in [2.05, 4.69) is 23.4 Å². The summed E-state index contributed by atoms with van der Waals surface area (Å²) in [6.07, 6.45) is 7.00. The molecule has 1 aliphatic carbocycles. The molecule has 4 rings (SSSR count). The Morgan fingerprint density at radius 1 is 1.09 bits per heavy atom. The minimum atomic E-state index is -1.04. The maximum atomic E-state index is 13.2. The van der Waals surface area contributed by atoms with Gasteiger partial charge in [-0.15, -0.1) is 6.42 Å². The number of rotatable bonds is 7. The number of fused-ring (bicyclic) bond motifs is 3. The van der Waals surface area contributed by atoms with E-state index in [0.29, 0.717) is 13.0 Å². The summed E-state index contributed by atoms with van der Waals surface area (Å²) in [7, 11) is 0. The van der Waals surface area contributed by atoms with Crippen molar-refractivity contribution in [1.29, 1.82) is 0 Å². The molecule has 1 fully saturated rings. The maximum absolute atomic E-state index is 13.2. The number of benzene rings is 2. The van der Waals surface area contributed by atoms with Gasteiger partial charge in [0.1, 0.15) is 12.6 Å². The molecule has 2 atom stereocenters. The fourth-order valence-electron chi connectivity index (χ4n) is 4.88. The summed E-state index contributed by atoms with van der Waals surface area (Å²) in [4.78, 5) is 38.6. The van der Waals surface area contributed by atoms with Crippen LogP contribution in [0.5, 0.6) is 0 Å². The Kier molecular flexibility index (Phi) is 7.17. The first-order valence-corrected chi connectivity index (χ1v) is 11.6. The zero-order valence-electron chi connectivity index (χ0n) is 18.9. The van der Waals surface area contributed by atoms with Gasteiger partial charge in [0.15, 0.2) is 0 Å². The molecule has 2 N–H and O–H groups in total. The summed E-state index contributed by atoms with van der Waals surface area (Å²) >= 11 is 0. The summed E-state index contributed by atoms with van der Waals surface area (Å²) in [6.45, 7) is 0.597. The molecule has 7 nitrogen and oxygen atoms in total. The van der Waals surface area contributed by atoms with Crippen molar-refractivity contribution in [3.63, 3.8) is 0 Å². The molecule has 0 bridgehead atoms. The van der Waals surface area contributed by atoms with E-state index in [4.69, 9.17) is 16.3 Å². The van der Waals surface area contributed by atoms with Crippen LogP contribution in [0.1, 0.15) is 49.1 Å². The molecule has 2 aliphatic rings. The lowest BCUT2D eigenvalue weighted by Crippen LogP contribution is -2.53. The molecule has 0 radical (unpaired) electrons. The van der Waals surface area contributed by atoms with Crippen LogP contribution >= 0.6 is 0 Å². The number of ether oxygens (including phenoxy) is 1. The summed E-state index contributed by atoms with van der Waals surface area (Å²) in [5, 5.41) is 11.7. The second-order valence-corrected chi connectivity index (χ2v) is 8.66. The minimum Gasteiger partial charge on any atom is -0.481 e. The molecule has 2 unspecified atom stereocenters. The molecule has 0 saturated carbocycles. The van der Waals surface area contributed by atoms with Crippen molar-refractivity contribution in [2.45, 2.75) is 50.1 Å². The second-order valence-electron chi connectivity index (χ2n) is 8.66. The van der Waals surface area contributed by atoms with Gasteiger partial charge < -0.3 is 20.1 Å². The Bertz CT molecular complexity index is 1080. The van der Waals surface area contributed by atoms with Gasteiger partial charge in [0.05, 0.1) is 6.04 Å². The average Bonchev–Trinajstić information content (AvgIpc) is 3.18. The number of carbonyl (C=O) groups excluding carboxylic acids is 2. The number of piperidine rings is 1. The van der Waals surface area contributed by atoms with Gasteiger partial charge in [0, 0.05) is 18.9 Å². The quantitative estimate of drug-likeness (QED) is 0.613. The first-order chi connectivity index (χ1) is 16.5. The van der Waals surface area contributed by atoms with Crippen LogP contribution < -0.4 is 5.32 Å². The van der Waals surface area contributed by atoms with Crippen molar-refractivity contribution in [3.05, 3.63) is 59.7 Å². The topological polar surface area (TPSA) is 95.9 Å². The Morgan fingerprint density at radius 3 is 2.35 bits per heavy atom. The molecule has 1 aliphatic heterocycles. The number of likely N-dealkylation sites (tertiary alicyclic amines) is 1. The van der Waals surface area contributed by atoms with E-state index in [-0.39, 0.29) is 37.3 Å². The first-order valence-electron chi connectivity index (χ1n) is 11.6. The van der Waals surface area contributed by atoms with Crippen LogP contribution in [0, 0.1) is 12.3 Å². The molecular weight excluding hydrogens is 432 g/mol. The molecule has 2 amide bonds. The van der Waals surface area contributed by atoms with Gasteiger partial charge in [0.25, 0.3) is 0 Å². The smallest absolute Gasteiger partial charge is 0.407 e. The van der Waals surface area contributed by atoms with Crippen LogP contribution in [0.15, 0.2) is 48.5 Å². The van der Waals surface area contributed by atoms with Crippen LogP contribution in [0.2, 0.25) is 0 Å². The molecule has 1 heterocycles. The summed E-state index contributed by atoms with van der Waals surface area (Å²) < 4.78 is 5.56. The SMILES string of the molecule is C#CC1CCCCN1C(=O)C(CCC(=O)O)NC(=O)OCC1c2ccccc2-c2ccccc21. The molecule has 34 heavy (non-hydrogen) atoms. The highest BCUT2D eigenvalue weighted by Gasteiger charge is 2.33. The largest absolute Gasteiger partial charge is 0.481 e. The lowest BCUT2D eigenvalue weighted by atomic mass is 9.98. The number of carbonyl (C=O) groups is 3. The summed E-state index contributed by atoms with van der Waals surface area (Å²) in [5.74, 6) is 1.12. The van der Waals surface area contributed by atoms with Crippen LogP contribution in [0.4, 0.5) is 4.79 Å². The standard InChI is InChI=1S/C27H28N2O5/c1-2-18-9-7-8-16-29(18)26(32)24(14-15-25(30)31)28-27(33)34-17-23-21-12-5-3-10-19(21)20-11-4-6-13-22(20)23/h1,3-6,10-13,18,23-24H,7-9,14-17H2,(H,28,33)(H,30,31). The zero-order chi connectivity index (χ0) is 24.1. The Balaban J connectivity index is 1.44. The number of aliphatic carboxylic acids is 1. The number of amides is 2.